The van der Waals surface area contributed by atoms with Crippen LogP contribution in [-0.4, -0.2) is 30.3 Å². The van der Waals surface area contributed by atoms with Gasteiger partial charge in [0, 0.05) is 13.3 Å². The summed E-state index contributed by atoms with van der Waals surface area (Å²) >= 11 is 5.60. The number of nitrogens with zero attached hydrogens (tertiary/aromatic N) is 2. The summed E-state index contributed by atoms with van der Waals surface area (Å²) in [6, 6.07) is 1.87. The van der Waals surface area contributed by atoms with Gasteiger partial charge in [-0.05, 0) is 6.07 Å². The van der Waals surface area contributed by atoms with E-state index in [2.05, 4.69) is 9.97 Å². The summed E-state index contributed by atoms with van der Waals surface area (Å²) in [7, 11) is 1.60. The number of rotatable bonds is 4. The first-order chi connectivity index (χ1) is 5.83. The van der Waals surface area contributed by atoms with E-state index in [-0.39, 0.29) is 6.01 Å². The average molecular weight is 189 g/mol. The summed E-state index contributed by atoms with van der Waals surface area (Å²) in [6.07, 6.45) is 1.54. The van der Waals surface area contributed by atoms with Crippen molar-refractivity contribution in [2.45, 2.75) is 0 Å². The Morgan fingerprint density at radius 2 is 2.33 bits per heavy atom. The zero-order valence-corrected chi connectivity index (χ0v) is 7.41. The molecule has 66 valence electrons. The highest BCUT2D eigenvalue weighted by atomic mass is 35.5. The minimum Gasteiger partial charge on any atom is -0.461 e. The largest absolute Gasteiger partial charge is 0.461 e. The number of methoxy groups -OCH3 is 1. The third-order valence-corrected chi connectivity index (χ3v) is 1.33. The summed E-state index contributed by atoms with van der Waals surface area (Å²) in [5, 5.41) is 0.373. The van der Waals surface area contributed by atoms with Crippen molar-refractivity contribution in [1.82, 2.24) is 9.97 Å². The smallest absolute Gasteiger partial charge is 0.317 e. The fourth-order valence-corrected chi connectivity index (χ4v) is 0.735. The Labute approximate surface area is 75.5 Å². The lowest BCUT2D eigenvalue weighted by molar-refractivity contribution is 0.141. The SMILES string of the molecule is COCCOc1nccc(Cl)n1. The molecule has 0 N–H and O–H groups in total. The molecule has 0 bridgehead atoms. The number of ether oxygens (including phenoxy) is 2. The Morgan fingerprint density at radius 1 is 1.50 bits per heavy atom. The molecule has 0 aliphatic rings. The van der Waals surface area contributed by atoms with Crippen LogP contribution in [0.4, 0.5) is 0 Å². The van der Waals surface area contributed by atoms with Crippen LogP contribution in [0, 0.1) is 0 Å². The molecule has 0 aliphatic heterocycles. The molecule has 0 saturated heterocycles. The van der Waals surface area contributed by atoms with E-state index in [1.807, 2.05) is 0 Å². The molecule has 0 saturated carbocycles. The van der Waals surface area contributed by atoms with E-state index in [0.29, 0.717) is 18.4 Å². The third-order valence-electron chi connectivity index (χ3n) is 1.12. The second kappa shape index (κ2) is 4.90. The second-order valence-corrected chi connectivity index (χ2v) is 2.39. The molecule has 0 unspecified atom stereocenters. The maximum Gasteiger partial charge on any atom is 0.317 e. The maximum absolute atomic E-state index is 5.60. The normalized spacial score (nSPS) is 9.83. The fourth-order valence-electron chi connectivity index (χ4n) is 0.606. The van der Waals surface area contributed by atoms with E-state index in [9.17, 15) is 0 Å². The average Bonchev–Trinajstić information content (AvgIpc) is 2.05. The zero-order valence-electron chi connectivity index (χ0n) is 6.66. The molecule has 0 spiro atoms. The van der Waals surface area contributed by atoms with Gasteiger partial charge in [0.1, 0.15) is 11.8 Å². The Morgan fingerprint density at radius 3 is 3.00 bits per heavy atom. The molecule has 12 heavy (non-hydrogen) atoms. The molecule has 5 heteroatoms. The summed E-state index contributed by atoms with van der Waals surface area (Å²) < 4.78 is 9.88. The summed E-state index contributed by atoms with van der Waals surface area (Å²) in [6.45, 7) is 0.937. The molecule has 0 fully saturated rings. The van der Waals surface area contributed by atoms with Crippen molar-refractivity contribution in [2.75, 3.05) is 20.3 Å². The van der Waals surface area contributed by atoms with Crippen molar-refractivity contribution < 1.29 is 9.47 Å². The van der Waals surface area contributed by atoms with Crippen LogP contribution < -0.4 is 4.74 Å². The Kier molecular flexibility index (Phi) is 3.76. The van der Waals surface area contributed by atoms with Crippen LogP contribution in [0.1, 0.15) is 0 Å². The van der Waals surface area contributed by atoms with Gasteiger partial charge < -0.3 is 9.47 Å². The highest BCUT2D eigenvalue weighted by Gasteiger charge is 1.96. The molecule has 0 aliphatic carbocycles. The van der Waals surface area contributed by atoms with Crippen LogP contribution in [0.2, 0.25) is 5.15 Å². The van der Waals surface area contributed by atoms with Crippen LogP contribution in [-0.2, 0) is 4.74 Å². The molecule has 0 aromatic carbocycles. The molecule has 4 nitrogen and oxygen atoms in total. The summed E-state index contributed by atoms with van der Waals surface area (Å²) in [5.74, 6) is 0. The molecule has 1 aromatic rings. The van der Waals surface area contributed by atoms with Crippen molar-refractivity contribution in [3.05, 3.63) is 17.4 Å². The standard InChI is InChI=1S/C7H9ClN2O2/c1-11-4-5-12-7-9-3-2-6(8)10-7/h2-3H,4-5H2,1H3. The van der Waals surface area contributed by atoms with Gasteiger partial charge in [0.25, 0.3) is 0 Å². The Hall–Kier alpha value is -0.870. The van der Waals surface area contributed by atoms with Crippen molar-refractivity contribution in [2.24, 2.45) is 0 Å². The molecular weight excluding hydrogens is 180 g/mol. The minimum absolute atomic E-state index is 0.277. The Bertz CT molecular complexity index is 245. The monoisotopic (exact) mass is 188 g/mol. The number of hydrogen-bond donors (Lipinski definition) is 0. The summed E-state index contributed by atoms with van der Waals surface area (Å²) in [5.41, 5.74) is 0. The van der Waals surface area contributed by atoms with E-state index in [1.165, 1.54) is 6.20 Å². The van der Waals surface area contributed by atoms with Gasteiger partial charge in [0.2, 0.25) is 0 Å². The predicted molar refractivity (Wildman–Crippen MR) is 44.4 cm³/mol. The number of hydrogen-bond acceptors (Lipinski definition) is 4. The molecule has 1 heterocycles. The first kappa shape index (κ1) is 9.22. The van der Waals surface area contributed by atoms with Gasteiger partial charge in [-0.25, -0.2) is 4.98 Å². The third kappa shape index (κ3) is 3.02. The van der Waals surface area contributed by atoms with Crippen molar-refractivity contribution in [1.29, 1.82) is 0 Å². The van der Waals surface area contributed by atoms with E-state index in [4.69, 9.17) is 21.1 Å². The van der Waals surface area contributed by atoms with Crippen LogP contribution in [0.5, 0.6) is 6.01 Å². The summed E-state index contributed by atoms with van der Waals surface area (Å²) in [4.78, 5) is 7.66. The van der Waals surface area contributed by atoms with E-state index in [1.54, 1.807) is 13.2 Å². The molecule has 0 radical (unpaired) electrons. The molecule has 1 aromatic heterocycles. The van der Waals surface area contributed by atoms with E-state index >= 15 is 0 Å². The Balaban J connectivity index is 2.41. The van der Waals surface area contributed by atoms with Gasteiger partial charge in [-0.2, -0.15) is 4.98 Å². The van der Waals surface area contributed by atoms with E-state index < -0.39 is 0 Å². The molecule has 1 rings (SSSR count). The van der Waals surface area contributed by atoms with Crippen LogP contribution in [0.15, 0.2) is 12.3 Å². The van der Waals surface area contributed by atoms with Gasteiger partial charge in [0.15, 0.2) is 0 Å². The van der Waals surface area contributed by atoms with Crippen molar-refractivity contribution in [3.63, 3.8) is 0 Å². The lowest BCUT2D eigenvalue weighted by Gasteiger charge is -2.01. The highest BCUT2D eigenvalue weighted by molar-refractivity contribution is 6.29. The minimum atomic E-state index is 0.277. The van der Waals surface area contributed by atoms with Gasteiger partial charge in [-0.3, -0.25) is 0 Å². The predicted octanol–water partition coefficient (Wildman–Crippen LogP) is 1.16. The first-order valence-corrected chi connectivity index (χ1v) is 3.81. The zero-order chi connectivity index (χ0) is 8.81. The number of halogens is 1. The number of aromatic nitrogens is 2. The fraction of sp³-hybridized carbons (Fsp3) is 0.429. The quantitative estimate of drug-likeness (QED) is 0.525. The lowest BCUT2D eigenvalue weighted by Crippen LogP contribution is -2.06. The van der Waals surface area contributed by atoms with Crippen molar-refractivity contribution in [3.8, 4) is 6.01 Å². The van der Waals surface area contributed by atoms with E-state index in [0.717, 1.165) is 0 Å². The molecule has 0 atom stereocenters. The van der Waals surface area contributed by atoms with Crippen molar-refractivity contribution >= 4 is 11.6 Å². The van der Waals surface area contributed by atoms with Gasteiger partial charge in [-0.15, -0.1) is 0 Å². The molecule has 0 amide bonds. The van der Waals surface area contributed by atoms with Crippen LogP contribution in [0.25, 0.3) is 0 Å². The molecular formula is C7H9ClN2O2. The van der Waals surface area contributed by atoms with Crippen LogP contribution >= 0.6 is 11.6 Å². The van der Waals surface area contributed by atoms with Crippen LogP contribution in [0.3, 0.4) is 0 Å². The van der Waals surface area contributed by atoms with Gasteiger partial charge in [0.05, 0.1) is 6.61 Å². The van der Waals surface area contributed by atoms with Gasteiger partial charge in [-0.1, -0.05) is 11.6 Å². The second-order valence-electron chi connectivity index (χ2n) is 2.00. The van der Waals surface area contributed by atoms with Gasteiger partial charge >= 0.3 is 6.01 Å². The topological polar surface area (TPSA) is 44.2 Å². The first-order valence-electron chi connectivity index (χ1n) is 3.43. The highest BCUT2D eigenvalue weighted by Crippen LogP contribution is 2.06. The maximum atomic E-state index is 5.60. The lowest BCUT2D eigenvalue weighted by atomic mass is 10.7.